The number of allylic oxidation sites excluding steroid dienone is 9. The maximum atomic E-state index is 6.22. The lowest BCUT2D eigenvalue weighted by Gasteiger charge is -2.35. The van der Waals surface area contributed by atoms with E-state index in [9.17, 15) is 0 Å². The Kier molecular flexibility index (Phi) is 8.96. The summed E-state index contributed by atoms with van der Waals surface area (Å²) in [6, 6.07) is 0. The quantitative estimate of drug-likeness (QED) is 0.307. The van der Waals surface area contributed by atoms with E-state index in [-0.39, 0.29) is 5.04 Å². The lowest BCUT2D eigenvalue weighted by Crippen LogP contribution is -2.40. The van der Waals surface area contributed by atoms with Crippen molar-refractivity contribution in [1.29, 1.82) is 0 Å². The summed E-state index contributed by atoms with van der Waals surface area (Å²) in [5.41, 5.74) is 5.91. The van der Waals surface area contributed by atoms with E-state index in [2.05, 4.69) is 105 Å². The Morgan fingerprint density at radius 1 is 1.11 bits per heavy atom. The monoisotopic (exact) mass is 400 g/mol. The van der Waals surface area contributed by atoms with Gasteiger partial charge in [-0.05, 0) is 69.2 Å². The average molecular weight is 401 g/mol. The van der Waals surface area contributed by atoms with Crippen LogP contribution in [0.25, 0.3) is 0 Å². The summed E-state index contributed by atoms with van der Waals surface area (Å²) in [6.07, 6.45) is 17.1. The zero-order valence-corrected chi connectivity index (χ0v) is 21.2. The van der Waals surface area contributed by atoms with Crippen LogP contribution >= 0.6 is 0 Å². The highest BCUT2D eigenvalue weighted by Gasteiger charge is 2.36. The fraction of sp³-hybridized carbons (Fsp3) is 0.615. The van der Waals surface area contributed by atoms with Gasteiger partial charge in [0.15, 0.2) is 8.32 Å². The van der Waals surface area contributed by atoms with Crippen molar-refractivity contribution < 1.29 is 4.43 Å². The first kappa shape index (κ1) is 24.9. The van der Waals surface area contributed by atoms with Crippen molar-refractivity contribution in [3.63, 3.8) is 0 Å². The molecule has 0 saturated carbocycles. The van der Waals surface area contributed by atoms with Crippen LogP contribution in [0.3, 0.4) is 0 Å². The molecule has 0 atom stereocenters. The van der Waals surface area contributed by atoms with Crippen LogP contribution in [0.5, 0.6) is 0 Å². The van der Waals surface area contributed by atoms with Gasteiger partial charge in [0.1, 0.15) is 0 Å². The normalized spacial score (nSPS) is 19.9. The largest absolute Gasteiger partial charge is 0.413 e. The smallest absolute Gasteiger partial charge is 0.192 e. The lowest BCUT2D eigenvalue weighted by molar-refractivity contribution is 0.327. The minimum atomic E-state index is -1.66. The van der Waals surface area contributed by atoms with Gasteiger partial charge in [0.25, 0.3) is 0 Å². The highest BCUT2D eigenvalue weighted by atomic mass is 28.4. The molecule has 158 valence electrons. The van der Waals surface area contributed by atoms with Gasteiger partial charge in [-0.1, -0.05) is 87.8 Å². The van der Waals surface area contributed by atoms with Crippen molar-refractivity contribution in [2.75, 3.05) is 6.61 Å². The van der Waals surface area contributed by atoms with Crippen LogP contribution < -0.4 is 0 Å². The van der Waals surface area contributed by atoms with Gasteiger partial charge in [-0.3, -0.25) is 0 Å². The number of hydrogen-bond acceptors (Lipinski definition) is 1. The Bertz CT molecular complexity index is 676. The van der Waals surface area contributed by atoms with Crippen LogP contribution in [-0.4, -0.2) is 14.9 Å². The minimum Gasteiger partial charge on any atom is -0.413 e. The van der Waals surface area contributed by atoms with Gasteiger partial charge < -0.3 is 4.43 Å². The molecule has 0 amide bonds. The summed E-state index contributed by atoms with van der Waals surface area (Å²) in [5.74, 6) is 0. The highest BCUT2D eigenvalue weighted by molar-refractivity contribution is 6.74. The van der Waals surface area contributed by atoms with Crippen molar-refractivity contribution in [1.82, 2.24) is 0 Å². The lowest BCUT2D eigenvalue weighted by atomic mass is 9.72. The average Bonchev–Trinajstić information content (AvgIpc) is 2.52. The summed E-state index contributed by atoms with van der Waals surface area (Å²) in [7, 11) is -1.66. The summed E-state index contributed by atoms with van der Waals surface area (Å²) in [6.45, 7) is 23.5. The molecule has 0 N–H and O–H groups in total. The minimum absolute atomic E-state index is 0.261. The Morgan fingerprint density at radius 3 is 2.32 bits per heavy atom. The predicted octanol–water partition coefficient (Wildman–Crippen LogP) is 8.54. The maximum Gasteiger partial charge on any atom is 0.192 e. The fourth-order valence-electron chi connectivity index (χ4n) is 3.30. The van der Waals surface area contributed by atoms with Crippen molar-refractivity contribution >= 4 is 8.32 Å². The van der Waals surface area contributed by atoms with Gasteiger partial charge in [-0.2, -0.15) is 0 Å². The SMILES string of the molecule is CC1=C(/C=C/C(C)=C\C=C\C(C)=C\CO[Si](C)(C)C(C)(C)C)C(C)(C)CCC1. The van der Waals surface area contributed by atoms with E-state index in [0.717, 1.165) is 0 Å². The Balaban J connectivity index is 2.66. The Labute approximate surface area is 176 Å². The third-order valence-corrected chi connectivity index (χ3v) is 10.9. The molecule has 0 spiro atoms. The maximum absolute atomic E-state index is 6.22. The van der Waals surface area contributed by atoms with Crippen LogP contribution in [0.4, 0.5) is 0 Å². The Morgan fingerprint density at radius 2 is 1.75 bits per heavy atom. The summed E-state index contributed by atoms with van der Waals surface area (Å²) in [5, 5.41) is 0.261. The standard InChI is InChI=1S/C26H44OSi/c1-21(16-17-24-23(3)15-12-19-26(24,7)8)13-11-14-22(2)18-20-27-28(9,10)25(4,5)6/h11,13-14,16-18H,12,15,19-20H2,1-10H3/b14-11+,17-16+,21-13-,22-18+. The van der Waals surface area contributed by atoms with Crippen LogP contribution in [0.2, 0.25) is 18.1 Å². The van der Waals surface area contributed by atoms with Crippen molar-refractivity contribution in [3.8, 4) is 0 Å². The van der Waals surface area contributed by atoms with Crippen LogP contribution in [0.1, 0.15) is 74.7 Å². The summed E-state index contributed by atoms with van der Waals surface area (Å²) >= 11 is 0. The predicted molar refractivity (Wildman–Crippen MR) is 129 cm³/mol. The third kappa shape index (κ3) is 7.71. The van der Waals surface area contributed by atoms with E-state index in [1.54, 1.807) is 5.57 Å². The molecule has 1 rings (SSSR count). The zero-order chi connectivity index (χ0) is 21.6. The Hall–Kier alpha value is -1.12. The molecule has 1 aliphatic carbocycles. The molecule has 0 saturated heterocycles. The molecule has 0 aliphatic heterocycles. The van der Waals surface area contributed by atoms with E-state index in [1.807, 2.05) is 0 Å². The molecule has 2 heteroatoms. The third-order valence-electron chi connectivity index (χ3n) is 6.43. The topological polar surface area (TPSA) is 9.23 Å². The molecule has 0 aromatic carbocycles. The van der Waals surface area contributed by atoms with Crippen LogP contribution in [-0.2, 0) is 4.43 Å². The fourth-order valence-corrected chi connectivity index (χ4v) is 4.23. The molecule has 0 fully saturated rings. The van der Waals surface area contributed by atoms with E-state index in [4.69, 9.17) is 4.43 Å². The van der Waals surface area contributed by atoms with Crippen molar-refractivity contribution in [3.05, 3.63) is 58.7 Å². The summed E-state index contributed by atoms with van der Waals surface area (Å²) < 4.78 is 6.22. The first-order valence-corrected chi connectivity index (χ1v) is 13.7. The van der Waals surface area contributed by atoms with Crippen molar-refractivity contribution in [2.24, 2.45) is 5.41 Å². The van der Waals surface area contributed by atoms with E-state index in [1.165, 1.54) is 36.0 Å². The highest BCUT2D eigenvalue weighted by Crippen LogP contribution is 2.40. The summed E-state index contributed by atoms with van der Waals surface area (Å²) in [4.78, 5) is 0. The second-order valence-electron chi connectivity index (χ2n) is 10.6. The molecule has 1 aliphatic rings. The first-order valence-electron chi connectivity index (χ1n) is 10.8. The van der Waals surface area contributed by atoms with E-state index in [0.29, 0.717) is 12.0 Å². The van der Waals surface area contributed by atoms with Gasteiger partial charge in [0.05, 0.1) is 6.61 Å². The van der Waals surface area contributed by atoms with Crippen LogP contribution in [0, 0.1) is 5.41 Å². The van der Waals surface area contributed by atoms with Crippen LogP contribution in [0.15, 0.2) is 58.7 Å². The molecule has 1 nitrogen and oxygen atoms in total. The van der Waals surface area contributed by atoms with Gasteiger partial charge in [-0.15, -0.1) is 0 Å². The molecule has 0 unspecified atom stereocenters. The molecule has 0 bridgehead atoms. The molecule has 0 heterocycles. The molecule has 0 aromatic heterocycles. The molecular formula is C26H44OSi. The van der Waals surface area contributed by atoms with E-state index >= 15 is 0 Å². The van der Waals surface area contributed by atoms with Gasteiger partial charge in [-0.25, -0.2) is 0 Å². The molecular weight excluding hydrogens is 356 g/mol. The zero-order valence-electron chi connectivity index (χ0n) is 20.2. The number of hydrogen-bond donors (Lipinski definition) is 0. The van der Waals surface area contributed by atoms with Gasteiger partial charge >= 0.3 is 0 Å². The first-order chi connectivity index (χ1) is 12.8. The van der Waals surface area contributed by atoms with Crippen molar-refractivity contribution in [2.45, 2.75) is 92.8 Å². The van der Waals surface area contributed by atoms with Gasteiger partial charge in [0, 0.05) is 0 Å². The van der Waals surface area contributed by atoms with E-state index < -0.39 is 8.32 Å². The molecule has 0 radical (unpaired) electrons. The second-order valence-corrected chi connectivity index (χ2v) is 15.4. The van der Waals surface area contributed by atoms with Gasteiger partial charge in [0.2, 0.25) is 0 Å². The molecule has 0 aromatic rings. The second kappa shape index (κ2) is 10.1. The number of rotatable bonds is 7. The molecule has 28 heavy (non-hydrogen) atoms.